The van der Waals surface area contributed by atoms with Crippen LogP contribution in [0.5, 0.6) is 0 Å². The lowest BCUT2D eigenvalue weighted by molar-refractivity contribution is 0.813. The number of nitrogens with one attached hydrogen (secondary N) is 1. The Bertz CT molecular complexity index is 557. The Morgan fingerprint density at radius 3 is 2.28 bits per heavy atom. The zero-order valence-corrected chi connectivity index (χ0v) is 12.4. The second-order valence-electron chi connectivity index (χ2n) is 3.65. The molecule has 0 aliphatic carbocycles. The maximum atomic E-state index is 6.06. The third-order valence-corrected chi connectivity index (χ3v) is 3.62. The van der Waals surface area contributed by atoms with Gasteiger partial charge < -0.3 is 9.88 Å². The summed E-state index contributed by atoms with van der Waals surface area (Å²) >= 11 is 23.9. The van der Waals surface area contributed by atoms with Gasteiger partial charge in [0.2, 0.25) is 0 Å². The summed E-state index contributed by atoms with van der Waals surface area (Å²) in [6, 6.07) is 3.26. The van der Waals surface area contributed by atoms with Gasteiger partial charge in [0, 0.05) is 12.1 Å². The normalized spacial score (nSPS) is 10.7. The molecule has 1 heterocycles. The lowest BCUT2D eigenvalue weighted by Crippen LogP contribution is -2.06. The molecule has 0 saturated carbocycles. The van der Waals surface area contributed by atoms with Crippen molar-refractivity contribution in [1.82, 2.24) is 9.55 Å². The van der Waals surface area contributed by atoms with Crippen LogP contribution in [0.15, 0.2) is 18.3 Å². The van der Waals surface area contributed by atoms with E-state index in [0.29, 0.717) is 32.5 Å². The minimum atomic E-state index is 0.463. The highest BCUT2D eigenvalue weighted by Gasteiger charge is 2.09. The lowest BCUT2D eigenvalue weighted by Gasteiger charge is -2.11. The zero-order chi connectivity index (χ0) is 13.3. The van der Waals surface area contributed by atoms with Crippen LogP contribution in [0.1, 0.15) is 5.82 Å². The average molecular weight is 325 g/mol. The molecule has 0 fully saturated rings. The number of aromatic nitrogens is 2. The van der Waals surface area contributed by atoms with E-state index in [-0.39, 0.29) is 0 Å². The van der Waals surface area contributed by atoms with Crippen LogP contribution in [0.2, 0.25) is 20.2 Å². The van der Waals surface area contributed by atoms with E-state index in [0.717, 1.165) is 5.82 Å². The van der Waals surface area contributed by atoms with Crippen molar-refractivity contribution < 1.29 is 0 Å². The van der Waals surface area contributed by atoms with E-state index >= 15 is 0 Å². The van der Waals surface area contributed by atoms with Crippen molar-refractivity contribution in [2.24, 2.45) is 7.05 Å². The number of imidazole rings is 1. The highest BCUT2D eigenvalue weighted by atomic mass is 35.5. The Hall–Kier alpha value is -0.610. The van der Waals surface area contributed by atoms with Crippen LogP contribution in [0.4, 0.5) is 5.69 Å². The number of rotatable bonds is 3. The molecule has 0 aliphatic rings. The Morgan fingerprint density at radius 2 is 1.78 bits per heavy atom. The summed E-state index contributed by atoms with van der Waals surface area (Å²) in [5, 5.41) is 5.11. The monoisotopic (exact) mass is 323 g/mol. The number of hydrogen-bond donors (Lipinski definition) is 1. The van der Waals surface area contributed by atoms with E-state index in [1.165, 1.54) is 0 Å². The molecular weight excluding hydrogens is 316 g/mol. The largest absolute Gasteiger partial charge is 0.375 e. The van der Waals surface area contributed by atoms with Gasteiger partial charge in [0.25, 0.3) is 0 Å². The van der Waals surface area contributed by atoms with Gasteiger partial charge in [-0.1, -0.05) is 46.4 Å². The Kier molecular flexibility index (Phi) is 4.28. The summed E-state index contributed by atoms with van der Waals surface area (Å²) in [5.41, 5.74) is 0.627. The molecule has 0 saturated heterocycles. The fourth-order valence-electron chi connectivity index (χ4n) is 1.47. The molecule has 2 aromatic rings. The molecule has 0 aliphatic heterocycles. The summed E-state index contributed by atoms with van der Waals surface area (Å²) in [4.78, 5) is 4.16. The van der Waals surface area contributed by atoms with Gasteiger partial charge in [0.05, 0.1) is 28.5 Å². The van der Waals surface area contributed by atoms with Crippen LogP contribution in [-0.4, -0.2) is 9.55 Å². The fourth-order valence-corrected chi connectivity index (χ4v) is 2.56. The van der Waals surface area contributed by atoms with Crippen LogP contribution in [-0.2, 0) is 13.6 Å². The maximum absolute atomic E-state index is 6.06. The van der Waals surface area contributed by atoms with Crippen molar-refractivity contribution in [3.63, 3.8) is 0 Å². The standard InChI is InChI=1S/C11H9Cl4N3/c1-18-9(15)4-16-10(18)5-17-11-7(13)2-6(12)3-8(11)14/h2-4,17H,5H2,1H3. The second-order valence-corrected chi connectivity index (χ2v) is 5.29. The first kappa shape index (κ1) is 13.8. The van der Waals surface area contributed by atoms with E-state index < -0.39 is 0 Å². The predicted octanol–water partition coefficient (Wildman–Crippen LogP) is 4.65. The average Bonchev–Trinajstić information content (AvgIpc) is 2.59. The van der Waals surface area contributed by atoms with Gasteiger partial charge in [-0.15, -0.1) is 0 Å². The topological polar surface area (TPSA) is 29.9 Å². The second kappa shape index (κ2) is 5.57. The molecule has 0 spiro atoms. The molecule has 0 amide bonds. The summed E-state index contributed by atoms with van der Waals surface area (Å²) in [6.45, 7) is 0.463. The SMILES string of the molecule is Cn1c(Cl)cnc1CNc1c(Cl)cc(Cl)cc1Cl. The van der Waals surface area contributed by atoms with E-state index in [4.69, 9.17) is 46.4 Å². The minimum Gasteiger partial charge on any atom is -0.375 e. The number of benzene rings is 1. The molecular formula is C11H9Cl4N3. The third-order valence-electron chi connectivity index (χ3n) is 2.46. The lowest BCUT2D eigenvalue weighted by atomic mass is 10.3. The van der Waals surface area contributed by atoms with Crippen LogP contribution in [0.3, 0.4) is 0 Å². The molecule has 7 heteroatoms. The molecule has 3 nitrogen and oxygen atoms in total. The molecule has 1 aromatic carbocycles. The molecule has 0 bridgehead atoms. The zero-order valence-electron chi connectivity index (χ0n) is 9.35. The van der Waals surface area contributed by atoms with Crippen molar-refractivity contribution in [3.8, 4) is 0 Å². The predicted molar refractivity (Wildman–Crippen MR) is 77.0 cm³/mol. The number of halogens is 4. The number of nitrogens with zero attached hydrogens (tertiary/aromatic N) is 2. The van der Waals surface area contributed by atoms with E-state index in [1.807, 2.05) is 7.05 Å². The molecule has 1 aromatic heterocycles. The van der Waals surface area contributed by atoms with Crippen molar-refractivity contribution in [3.05, 3.63) is 44.4 Å². The van der Waals surface area contributed by atoms with Crippen LogP contribution >= 0.6 is 46.4 Å². The van der Waals surface area contributed by atoms with Crippen molar-refractivity contribution in [2.75, 3.05) is 5.32 Å². The molecule has 2 rings (SSSR count). The summed E-state index contributed by atoms with van der Waals surface area (Å²) in [7, 11) is 1.83. The highest BCUT2D eigenvalue weighted by molar-refractivity contribution is 6.41. The van der Waals surface area contributed by atoms with Gasteiger partial charge in [-0.25, -0.2) is 4.98 Å². The molecule has 0 radical (unpaired) electrons. The molecule has 18 heavy (non-hydrogen) atoms. The first-order chi connectivity index (χ1) is 8.49. The third kappa shape index (κ3) is 2.86. The summed E-state index contributed by atoms with van der Waals surface area (Å²) in [5.74, 6) is 0.780. The van der Waals surface area contributed by atoms with Gasteiger partial charge in [-0.3, -0.25) is 0 Å². The van der Waals surface area contributed by atoms with E-state index in [1.54, 1.807) is 22.9 Å². The smallest absolute Gasteiger partial charge is 0.128 e. The first-order valence-electron chi connectivity index (χ1n) is 5.03. The highest BCUT2D eigenvalue weighted by Crippen LogP contribution is 2.33. The van der Waals surface area contributed by atoms with Crippen molar-refractivity contribution in [1.29, 1.82) is 0 Å². The fraction of sp³-hybridized carbons (Fsp3) is 0.182. The summed E-state index contributed by atoms with van der Waals surface area (Å²) < 4.78 is 1.77. The molecule has 96 valence electrons. The van der Waals surface area contributed by atoms with E-state index in [9.17, 15) is 0 Å². The molecule has 1 N–H and O–H groups in total. The maximum Gasteiger partial charge on any atom is 0.128 e. The van der Waals surface area contributed by atoms with Crippen molar-refractivity contribution >= 4 is 52.1 Å². The van der Waals surface area contributed by atoms with Gasteiger partial charge in [0.15, 0.2) is 0 Å². The number of hydrogen-bond acceptors (Lipinski definition) is 2. The van der Waals surface area contributed by atoms with Gasteiger partial charge in [-0.05, 0) is 12.1 Å². The van der Waals surface area contributed by atoms with Crippen LogP contribution < -0.4 is 5.32 Å². The van der Waals surface area contributed by atoms with Gasteiger partial charge in [0.1, 0.15) is 11.0 Å². The minimum absolute atomic E-state index is 0.463. The van der Waals surface area contributed by atoms with Crippen LogP contribution in [0, 0.1) is 0 Å². The Morgan fingerprint density at radius 1 is 1.17 bits per heavy atom. The van der Waals surface area contributed by atoms with Gasteiger partial charge in [-0.2, -0.15) is 0 Å². The Balaban J connectivity index is 2.18. The summed E-state index contributed by atoms with van der Waals surface area (Å²) in [6.07, 6.45) is 1.59. The first-order valence-corrected chi connectivity index (χ1v) is 6.54. The quantitative estimate of drug-likeness (QED) is 0.890. The Labute approximate surface area is 125 Å². The van der Waals surface area contributed by atoms with Gasteiger partial charge >= 0.3 is 0 Å². The van der Waals surface area contributed by atoms with E-state index in [2.05, 4.69) is 10.3 Å². The van der Waals surface area contributed by atoms with Crippen molar-refractivity contribution in [2.45, 2.75) is 6.54 Å². The molecule has 0 unspecified atom stereocenters. The number of anilines is 1. The molecule has 0 atom stereocenters. The van der Waals surface area contributed by atoms with Crippen LogP contribution in [0.25, 0.3) is 0 Å².